The maximum Gasteiger partial charge on any atom is 0.243 e. The van der Waals surface area contributed by atoms with Crippen molar-refractivity contribution in [3.63, 3.8) is 0 Å². The molecule has 2 aliphatic rings. The summed E-state index contributed by atoms with van der Waals surface area (Å²) in [6.07, 6.45) is 2.64. The van der Waals surface area contributed by atoms with Crippen molar-refractivity contribution < 1.29 is 25.6 Å². The molecule has 2 aliphatic heterocycles. The van der Waals surface area contributed by atoms with E-state index in [1.807, 2.05) is 6.92 Å². The Morgan fingerprint density at radius 2 is 1.50 bits per heavy atom. The molecule has 28 heavy (non-hydrogen) atoms. The Hall–Kier alpha value is -1.14. The van der Waals surface area contributed by atoms with Gasteiger partial charge in [0, 0.05) is 50.9 Å². The topological polar surface area (TPSA) is 78.0 Å². The van der Waals surface area contributed by atoms with Gasteiger partial charge in [-0.05, 0) is 25.0 Å². The second kappa shape index (κ2) is 7.60. The molecule has 0 spiro atoms. The zero-order chi connectivity index (χ0) is 20.7. The van der Waals surface area contributed by atoms with Crippen molar-refractivity contribution in [1.29, 1.82) is 0 Å². The van der Waals surface area contributed by atoms with E-state index in [0.717, 1.165) is 18.6 Å². The van der Waals surface area contributed by atoms with Gasteiger partial charge in [0.15, 0.2) is 0 Å². The number of hydrogen-bond acceptors (Lipinski definition) is 5. The number of rotatable bonds is 5. The van der Waals surface area contributed by atoms with Gasteiger partial charge in [0.1, 0.15) is 11.6 Å². The molecule has 2 saturated heterocycles. The summed E-state index contributed by atoms with van der Waals surface area (Å²) in [5.74, 6) is -1.87. The second-order valence-electron chi connectivity index (χ2n) is 7.42. The van der Waals surface area contributed by atoms with E-state index in [4.69, 9.17) is 0 Å². The van der Waals surface area contributed by atoms with Crippen LogP contribution in [-0.4, -0.2) is 81.4 Å². The minimum Gasteiger partial charge on any atom is -0.294 e. The lowest BCUT2D eigenvalue weighted by Crippen LogP contribution is -2.58. The highest BCUT2D eigenvalue weighted by atomic mass is 32.2. The van der Waals surface area contributed by atoms with Crippen molar-refractivity contribution in [2.45, 2.75) is 30.2 Å². The molecular weight excluding hydrogens is 412 g/mol. The van der Waals surface area contributed by atoms with Crippen LogP contribution in [0.2, 0.25) is 0 Å². The molecule has 11 heteroatoms. The summed E-state index contributed by atoms with van der Waals surface area (Å²) in [4.78, 5) is 1.75. The number of piperazine rings is 1. The molecule has 0 bridgehead atoms. The third kappa shape index (κ3) is 4.09. The molecule has 0 aromatic heterocycles. The van der Waals surface area contributed by atoms with Crippen molar-refractivity contribution in [3.8, 4) is 0 Å². The average molecular weight is 438 g/mol. The summed E-state index contributed by atoms with van der Waals surface area (Å²) in [5.41, 5.74) is -0.316. The summed E-state index contributed by atoms with van der Waals surface area (Å²) in [6, 6.07) is 2.27. The number of hydrogen-bond donors (Lipinski definition) is 0. The molecule has 0 aliphatic carbocycles. The number of benzene rings is 1. The molecule has 1 atom stereocenters. The second-order valence-corrected chi connectivity index (χ2v) is 11.3. The van der Waals surface area contributed by atoms with E-state index < -0.39 is 36.6 Å². The highest BCUT2D eigenvalue weighted by molar-refractivity contribution is 7.89. The number of nitrogens with zero attached hydrogens (tertiary/aromatic N) is 3. The van der Waals surface area contributed by atoms with Crippen LogP contribution in [0.3, 0.4) is 0 Å². The van der Waals surface area contributed by atoms with Crippen molar-refractivity contribution in [2.24, 2.45) is 0 Å². The van der Waals surface area contributed by atoms with Crippen LogP contribution in [0.4, 0.5) is 8.78 Å². The summed E-state index contributed by atoms with van der Waals surface area (Å²) < 4.78 is 78.8. The third-order valence-corrected chi connectivity index (χ3v) is 8.93. The van der Waals surface area contributed by atoms with Gasteiger partial charge in [-0.1, -0.05) is 6.92 Å². The predicted molar refractivity (Wildman–Crippen MR) is 101 cm³/mol. The number of halogens is 2. The zero-order valence-electron chi connectivity index (χ0n) is 15.9. The molecule has 158 valence electrons. The van der Waals surface area contributed by atoms with Gasteiger partial charge in [-0.15, -0.1) is 0 Å². The molecular formula is C17H25F2N3O4S2. The first-order valence-electron chi connectivity index (χ1n) is 9.14. The van der Waals surface area contributed by atoms with Crippen molar-refractivity contribution in [1.82, 2.24) is 13.5 Å². The Morgan fingerprint density at radius 3 is 1.96 bits per heavy atom. The van der Waals surface area contributed by atoms with Gasteiger partial charge in [-0.3, -0.25) is 4.90 Å². The SMILES string of the molecule is CCC1(N2CCN(S(=O)(=O)c3cc(F)cc(F)c3)CC2)CCN(S(C)(=O)=O)C1. The Labute approximate surface area is 165 Å². The number of sulfonamides is 2. The molecule has 0 radical (unpaired) electrons. The summed E-state index contributed by atoms with van der Waals surface area (Å²) in [5, 5.41) is 0. The van der Waals surface area contributed by atoms with Crippen LogP contribution >= 0.6 is 0 Å². The molecule has 0 amide bonds. The van der Waals surface area contributed by atoms with E-state index >= 15 is 0 Å². The van der Waals surface area contributed by atoms with E-state index in [0.29, 0.717) is 38.7 Å². The normalized spacial score (nSPS) is 26.0. The third-order valence-electron chi connectivity index (χ3n) is 5.81. The van der Waals surface area contributed by atoms with Gasteiger partial charge in [0.25, 0.3) is 0 Å². The van der Waals surface area contributed by atoms with E-state index in [1.54, 1.807) is 0 Å². The largest absolute Gasteiger partial charge is 0.294 e. The van der Waals surface area contributed by atoms with E-state index in [1.165, 1.54) is 14.9 Å². The zero-order valence-corrected chi connectivity index (χ0v) is 17.6. The lowest BCUT2D eigenvalue weighted by molar-refractivity contribution is 0.0600. The molecule has 2 fully saturated rings. The minimum absolute atomic E-state index is 0.182. The Kier molecular flexibility index (Phi) is 5.85. The Bertz CT molecular complexity index is 927. The molecule has 0 saturated carbocycles. The summed E-state index contributed by atoms with van der Waals surface area (Å²) >= 11 is 0. The molecule has 3 rings (SSSR count). The van der Waals surface area contributed by atoms with Crippen LogP contribution in [0.5, 0.6) is 0 Å². The van der Waals surface area contributed by atoms with Crippen LogP contribution in [-0.2, 0) is 20.0 Å². The van der Waals surface area contributed by atoms with Gasteiger partial charge in [0.05, 0.1) is 11.2 Å². The smallest absolute Gasteiger partial charge is 0.243 e. The fourth-order valence-electron chi connectivity index (χ4n) is 4.10. The minimum atomic E-state index is -3.99. The van der Waals surface area contributed by atoms with Crippen LogP contribution in [0.25, 0.3) is 0 Å². The van der Waals surface area contributed by atoms with E-state index in [9.17, 15) is 25.6 Å². The van der Waals surface area contributed by atoms with Crippen LogP contribution in [0.1, 0.15) is 19.8 Å². The van der Waals surface area contributed by atoms with Crippen LogP contribution in [0, 0.1) is 11.6 Å². The maximum absolute atomic E-state index is 13.4. The maximum atomic E-state index is 13.4. The highest BCUT2D eigenvalue weighted by Crippen LogP contribution is 2.34. The fraction of sp³-hybridized carbons (Fsp3) is 0.647. The first kappa shape index (κ1) is 21.6. The fourth-order valence-corrected chi connectivity index (χ4v) is 6.46. The van der Waals surface area contributed by atoms with Gasteiger partial charge < -0.3 is 0 Å². The first-order valence-corrected chi connectivity index (χ1v) is 12.4. The van der Waals surface area contributed by atoms with Crippen LogP contribution < -0.4 is 0 Å². The van der Waals surface area contributed by atoms with Gasteiger partial charge in [-0.2, -0.15) is 4.31 Å². The summed E-state index contributed by atoms with van der Waals surface area (Å²) in [7, 11) is -7.27. The van der Waals surface area contributed by atoms with Crippen molar-refractivity contribution >= 4 is 20.0 Å². The van der Waals surface area contributed by atoms with Crippen molar-refractivity contribution in [3.05, 3.63) is 29.8 Å². The van der Waals surface area contributed by atoms with E-state index in [2.05, 4.69) is 4.90 Å². The van der Waals surface area contributed by atoms with Gasteiger partial charge >= 0.3 is 0 Å². The quantitative estimate of drug-likeness (QED) is 0.689. The molecule has 0 N–H and O–H groups in total. The molecule has 7 nitrogen and oxygen atoms in total. The lowest BCUT2D eigenvalue weighted by atomic mass is 9.92. The Balaban J connectivity index is 1.73. The molecule has 2 heterocycles. The molecule has 1 unspecified atom stereocenters. The monoisotopic (exact) mass is 437 g/mol. The molecule has 1 aromatic carbocycles. The van der Waals surface area contributed by atoms with Gasteiger partial charge in [-0.25, -0.2) is 29.9 Å². The van der Waals surface area contributed by atoms with Gasteiger partial charge in [0.2, 0.25) is 20.0 Å². The predicted octanol–water partition coefficient (Wildman–Crippen LogP) is 1.09. The standard InChI is InChI=1S/C17H25F2N3O4S2/c1-3-17(4-5-22(13-17)27(2,23)24)20-6-8-21(9-7-20)28(25,26)16-11-14(18)10-15(19)12-16/h10-12H,3-9,13H2,1-2H3. The van der Waals surface area contributed by atoms with Crippen LogP contribution in [0.15, 0.2) is 23.1 Å². The van der Waals surface area contributed by atoms with E-state index in [-0.39, 0.29) is 18.6 Å². The average Bonchev–Trinajstić information content (AvgIpc) is 3.07. The highest BCUT2D eigenvalue weighted by Gasteiger charge is 2.45. The first-order chi connectivity index (χ1) is 13.0. The lowest BCUT2D eigenvalue weighted by Gasteiger charge is -2.45. The summed E-state index contributed by atoms with van der Waals surface area (Å²) in [6.45, 7) is 4.08. The Morgan fingerprint density at radius 1 is 0.929 bits per heavy atom. The van der Waals surface area contributed by atoms with Crippen molar-refractivity contribution in [2.75, 3.05) is 45.5 Å². The molecule has 1 aromatic rings.